The first-order valence-electron chi connectivity index (χ1n) is 4.23. The zero-order valence-electron chi connectivity index (χ0n) is 7.46. The average molecular weight is 217 g/mol. The predicted molar refractivity (Wildman–Crippen MR) is 52.3 cm³/mol. The van der Waals surface area contributed by atoms with Gasteiger partial charge in [-0.1, -0.05) is 0 Å². The smallest absolute Gasteiger partial charge is 0.166 e. The van der Waals surface area contributed by atoms with Gasteiger partial charge in [0.25, 0.3) is 0 Å². The molecule has 0 aliphatic carbocycles. The van der Waals surface area contributed by atoms with Crippen molar-refractivity contribution < 1.29 is 14.3 Å². The number of phenolic OH excluding ortho intramolecular Hbond substituents is 1. The molecular formula is C10H10ClFO2. The van der Waals surface area contributed by atoms with E-state index in [4.69, 9.17) is 11.6 Å². The van der Waals surface area contributed by atoms with Crippen LogP contribution >= 0.6 is 11.6 Å². The third-order valence-electron chi connectivity index (χ3n) is 1.80. The Kier molecular flexibility index (Phi) is 3.89. The molecule has 2 nitrogen and oxygen atoms in total. The number of benzene rings is 1. The highest BCUT2D eigenvalue weighted by Crippen LogP contribution is 2.20. The molecule has 1 N–H and O–H groups in total. The van der Waals surface area contributed by atoms with Gasteiger partial charge in [-0.05, 0) is 24.6 Å². The molecule has 0 atom stereocenters. The number of hydrogen-bond donors (Lipinski definition) is 1. The topological polar surface area (TPSA) is 37.3 Å². The first-order valence-corrected chi connectivity index (χ1v) is 4.76. The minimum absolute atomic E-state index is 0.0233. The standard InChI is InChI=1S/C10H10ClFO2/c11-5-1-2-9(13)8-6-7(12)3-4-10(8)14/h3-4,6,14H,1-2,5H2. The first kappa shape index (κ1) is 11.0. The van der Waals surface area contributed by atoms with E-state index < -0.39 is 5.82 Å². The third-order valence-corrected chi connectivity index (χ3v) is 2.06. The van der Waals surface area contributed by atoms with E-state index in [1.807, 2.05) is 0 Å². The van der Waals surface area contributed by atoms with E-state index in [0.717, 1.165) is 12.1 Å². The van der Waals surface area contributed by atoms with Crippen molar-refractivity contribution >= 4 is 17.4 Å². The van der Waals surface area contributed by atoms with Crippen LogP contribution in [0.4, 0.5) is 4.39 Å². The summed E-state index contributed by atoms with van der Waals surface area (Å²) in [5, 5.41) is 9.28. The Morgan fingerprint density at radius 1 is 1.50 bits per heavy atom. The molecular weight excluding hydrogens is 207 g/mol. The third kappa shape index (κ3) is 2.70. The average Bonchev–Trinajstić information content (AvgIpc) is 2.18. The minimum atomic E-state index is -0.531. The van der Waals surface area contributed by atoms with Crippen molar-refractivity contribution in [2.75, 3.05) is 5.88 Å². The van der Waals surface area contributed by atoms with Crippen LogP contribution in [0.1, 0.15) is 23.2 Å². The second-order valence-electron chi connectivity index (χ2n) is 2.88. The van der Waals surface area contributed by atoms with Gasteiger partial charge in [-0.25, -0.2) is 4.39 Å². The molecule has 0 radical (unpaired) electrons. The number of aromatic hydroxyl groups is 1. The van der Waals surface area contributed by atoms with Crippen molar-refractivity contribution in [3.05, 3.63) is 29.6 Å². The predicted octanol–water partition coefficient (Wildman–Crippen LogP) is 2.73. The van der Waals surface area contributed by atoms with Gasteiger partial charge in [0, 0.05) is 12.3 Å². The van der Waals surface area contributed by atoms with Gasteiger partial charge in [-0.2, -0.15) is 0 Å². The lowest BCUT2D eigenvalue weighted by molar-refractivity contribution is 0.0979. The number of carbonyl (C=O) groups excluding carboxylic acids is 1. The summed E-state index contributed by atoms with van der Waals surface area (Å²) in [6.45, 7) is 0. The summed E-state index contributed by atoms with van der Waals surface area (Å²) in [5.41, 5.74) is 0.0233. The number of hydrogen-bond acceptors (Lipinski definition) is 2. The van der Waals surface area contributed by atoms with Crippen molar-refractivity contribution in [3.63, 3.8) is 0 Å². The molecule has 0 fully saturated rings. The van der Waals surface area contributed by atoms with Gasteiger partial charge in [0.1, 0.15) is 11.6 Å². The molecule has 0 aliphatic heterocycles. The quantitative estimate of drug-likeness (QED) is 0.621. The summed E-state index contributed by atoms with van der Waals surface area (Å²) in [7, 11) is 0. The number of phenols is 1. The lowest BCUT2D eigenvalue weighted by Crippen LogP contribution is -2.00. The van der Waals surface area contributed by atoms with Gasteiger partial charge in [0.2, 0.25) is 0 Å². The molecule has 4 heteroatoms. The monoisotopic (exact) mass is 216 g/mol. The second-order valence-corrected chi connectivity index (χ2v) is 3.26. The highest BCUT2D eigenvalue weighted by Gasteiger charge is 2.11. The largest absolute Gasteiger partial charge is 0.507 e. The Morgan fingerprint density at radius 3 is 2.86 bits per heavy atom. The van der Waals surface area contributed by atoms with Gasteiger partial charge < -0.3 is 5.11 Å². The lowest BCUT2D eigenvalue weighted by atomic mass is 10.1. The molecule has 1 rings (SSSR count). The second kappa shape index (κ2) is 4.96. The number of alkyl halides is 1. The maximum atomic E-state index is 12.7. The van der Waals surface area contributed by atoms with Gasteiger partial charge in [-0.15, -0.1) is 11.6 Å². The van der Waals surface area contributed by atoms with Crippen LogP contribution in [0.3, 0.4) is 0 Å². The lowest BCUT2D eigenvalue weighted by Gasteiger charge is -2.02. The molecule has 0 bridgehead atoms. The van der Waals surface area contributed by atoms with Crippen molar-refractivity contribution in [3.8, 4) is 5.75 Å². The summed E-state index contributed by atoms with van der Waals surface area (Å²) in [6.07, 6.45) is 0.747. The van der Waals surface area contributed by atoms with Crippen LogP contribution in [0, 0.1) is 5.82 Å². The zero-order chi connectivity index (χ0) is 10.6. The van der Waals surface area contributed by atoms with E-state index in [0.29, 0.717) is 12.3 Å². The van der Waals surface area contributed by atoms with E-state index in [9.17, 15) is 14.3 Å². The van der Waals surface area contributed by atoms with Gasteiger partial charge in [0.05, 0.1) is 5.56 Å². The molecule has 0 unspecified atom stereocenters. The normalized spacial score (nSPS) is 10.1. The van der Waals surface area contributed by atoms with Crippen molar-refractivity contribution in [1.29, 1.82) is 0 Å². The van der Waals surface area contributed by atoms with Crippen LogP contribution in [-0.4, -0.2) is 16.8 Å². The van der Waals surface area contributed by atoms with E-state index in [2.05, 4.69) is 0 Å². The number of Topliss-reactive ketones (excluding diaryl/α,β-unsaturated/α-hetero) is 1. The SMILES string of the molecule is O=C(CCCCl)c1cc(F)ccc1O. The van der Waals surface area contributed by atoms with Crippen molar-refractivity contribution in [1.82, 2.24) is 0 Å². The maximum Gasteiger partial charge on any atom is 0.166 e. The summed E-state index contributed by atoms with van der Waals surface area (Å²) >= 11 is 5.42. The first-order chi connectivity index (χ1) is 6.65. The minimum Gasteiger partial charge on any atom is -0.507 e. The Balaban J connectivity index is 2.83. The molecule has 0 aliphatic rings. The molecule has 0 saturated heterocycles. The Labute approximate surface area is 86.3 Å². The van der Waals surface area contributed by atoms with Crippen molar-refractivity contribution in [2.45, 2.75) is 12.8 Å². The number of rotatable bonds is 4. The Hall–Kier alpha value is -1.09. The van der Waals surface area contributed by atoms with E-state index >= 15 is 0 Å². The molecule has 1 aromatic carbocycles. The fourth-order valence-electron chi connectivity index (χ4n) is 1.09. The van der Waals surface area contributed by atoms with Crippen molar-refractivity contribution in [2.24, 2.45) is 0 Å². The van der Waals surface area contributed by atoms with Gasteiger partial charge >= 0.3 is 0 Å². The van der Waals surface area contributed by atoms with Crippen LogP contribution in [0.15, 0.2) is 18.2 Å². The molecule has 0 spiro atoms. The zero-order valence-corrected chi connectivity index (χ0v) is 8.22. The molecule has 14 heavy (non-hydrogen) atoms. The Morgan fingerprint density at radius 2 is 2.21 bits per heavy atom. The van der Waals surface area contributed by atoms with E-state index in [1.54, 1.807) is 0 Å². The number of carbonyl (C=O) groups is 1. The summed E-state index contributed by atoms with van der Waals surface area (Å²) in [5.74, 6) is -0.632. The molecule has 1 aromatic rings. The highest BCUT2D eigenvalue weighted by molar-refractivity contribution is 6.18. The van der Waals surface area contributed by atoms with Crippen LogP contribution in [0.5, 0.6) is 5.75 Å². The van der Waals surface area contributed by atoms with Gasteiger partial charge in [-0.3, -0.25) is 4.79 Å². The number of halogens is 2. The molecule has 76 valence electrons. The van der Waals surface area contributed by atoms with Crippen LogP contribution < -0.4 is 0 Å². The summed E-state index contributed by atoms with van der Waals surface area (Å²) < 4.78 is 12.7. The summed E-state index contributed by atoms with van der Waals surface area (Å²) in [4.78, 5) is 11.4. The maximum absolute atomic E-state index is 12.7. The molecule has 0 aromatic heterocycles. The molecule has 0 amide bonds. The van der Waals surface area contributed by atoms with Gasteiger partial charge in [0.15, 0.2) is 5.78 Å². The van der Waals surface area contributed by atoms with Crippen LogP contribution in [-0.2, 0) is 0 Å². The van der Waals surface area contributed by atoms with E-state index in [-0.39, 0.29) is 23.5 Å². The van der Waals surface area contributed by atoms with Crippen LogP contribution in [0.2, 0.25) is 0 Å². The fourth-order valence-corrected chi connectivity index (χ4v) is 1.23. The number of ketones is 1. The Bertz CT molecular complexity index is 339. The fraction of sp³-hybridized carbons (Fsp3) is 0.300. The molecule has 0 heterocycles. The summed E-state index contributed by atoms with van der Waals surface area (Å²) in [6, 6.07) is 3.31. The molecule has 0 saturated carbocycles. The van der Waals surface area contributed by atoms with Crippen LogP contribution in [0.25, 0.3) is 0 Å². The highest BCUT2D eigenvalue weighted by atomic mass is 35.5. The van der Waals surface area contributed by atoms with E-state index in [1.165, 1.54) is 6.07 Å².